The van der Waals surface area contributed by atoms with E-state index in [1.807, 2.05) is 12.2 Å². The number of carbonyl (C=O) groups is 3. The Balaban J connectivity index is 1.55. The maximum Gasteiger partial charge on any atom is 0.312 e. The number of hydrogen-bond donors (Lipinski definition) is 2. The van der Waals surface area contributed by atoms with Gasteiger partial charge in [-0.2, -0.15) is 0 Å². The number of amides is 2. The van der Waals surface area contributed by atoms with Crippen LogP contribution in [0.1, 0.15) is 56.2 Å². The van der Waals surface area contributed by atoms with E-state index in [0.717, 1.165) is 23.4 Å². The molecule has 4 aliphatic rings. The molecule has 4 N–H and O–H groups in total. The number of hydrogen-bond acceptors (Lipinski definition) is 8. The molecule has 3 atom stereocenters. The molecule has 0 radical (unpaired) electrons. The van der Waals surface area contributed by atoms with Crippen LogP contribution >= 0.6 is 11.6 Å². The topological polar surface area (TPSA) is 131 Å². The first-order valence-electron chi connectivity index (χ1n) is 14.8. The van der Waals surface area contributed by atoms with Gasteiger partial charge in [-0.3, -0.25) is 14.4 Å². The summed E-state index contributed by atoms with van der Waals surface area (Å²) in [6, 6.07) is 2.62. The Kier molecular flexibility index (Phi) is 8.87. The Hall–Kier alpha value is -3.38. The molecule has 1 aromatic carbocycles. The Labute approximate surface area is 260 Å². The zero-order chi connectivity index (χ0) is 32.0. The molecule has 1 saturated heterocycles. The van der Waals surface area contributed by atoms with Gasteiger partial charge in [0.2, 0.25) is 11.8 Å². The zero-order valence-corrected chi connectivity index (χ0v) is 26.0. The van der Waals surface area contributed by atoms with Gasteiger partial charge >= 0.3 is 5.97 Å². The van der Waals surface area contributed by atoms with Crippen molar-refractivity contribution < 1.29 is 32.6 Å². The van der Waals surface area contributed by atoms with Crippen LogP contribution in [0.4, 0.5) is 8.78 Å². The lowest BCUT2D eigenvalue weighted by Gasteiger charge is -2.44. The van der Waals surface area contributed by atoms with E-state index in [1.165, 1.54) is 14.2 Å². The third-order valence-electron chi connectivity index (χ3n) is 9.71. The summed E-state index contributed by atoms with van der Waals surface area (Å²) >= 11 is 6.69. The van der Waals surface area contributed by atoms with Crippen LogP contribution in [0.5, 0.6) is 5.75 Å². The number of nitrogens with zero attached hydrogens (tertiary/aromatic N) is 3. The van der Waals surface area contributed by atoms with Gasteiger partial charge in [0.05, 0.1) is 30.2 Å². The summed E-state index contributed by atoms with van der Waals surface area (Å²) in [6.07, 6.45) is 4.41. The standard InChI is InChI=1S/C31H40ClF2N5O5/c1-30(29(42)43-3)10-5-4-6-19(30)28(41)39-13-9-18-20(32)7-8-23(44-16-21(35)26(27(33)34)37(2)36)25(18)22(39)15-38-17-31(11-12-31)14-24(38)40/h4-5,7-8,19,22,27H,6,9-17,35-36H2,1-3H3/b26-21-/t19-,22+,30-/m0/s1. The van der Waals surface area contributed by atoms with Crippen molar-refractivity contribution in [2.75, 3.05) is 40.4 Å². The molecule has 2 heterocycles. The molecule has 2 amide bonds. The maximum atomic E-state index is 14.5. The van der Waals surface area contributed by atoms with Gasteiger partial charge < -0.3 is 30.0 Å². The third-order valence-corrected chi connectivity index (χ3v) is 10.1. The molecular weight excluding hydrogens is 596 g/mol. The number of likely N-dealkylation sites (tertiary alicyclic amines) is 1. The number of hydrazine groups is 1. The van der Waals surface area contributed by atoms with Gasteiger partial charge in [0, 0.05) is 43.7 Å². The lowest BCUT2D eigenvalue weighted by molar-refractivity contribution is -0.162. The third kappa shape index (κ3) is 5.85. The maximum absolute atomic E-state index is 14.5. The fourth-order valence-electron chi connectivity index (χ4n) is 6.97. The molecular formula is C31H40ClF2N5O5. The normalized spacial score (nSPS) is 26.0. The van der Waals surface area contributed by atoms with Gasteiger partial charge in [0.25, 0.3) is 6.43 Å². The minimum absolute atomic E-state index is 0.00608. The summed E-state index contributed by atoms with van der Waals surface area (Å²) < 4.78 is 38.5. The molecule has 0 aromatic heterocycles. The van der Waals surface area contributed by atoms with E-state index in [2.05, 4.69) is 0 Å². The average Bonchev–Trinajstić information content (AvgIpc) is 3.66. The van der Waals surface area contributed by atoms with Crippen molar-refractivity contribution in [3.05, 3.63) is 51.8 Å². The Morgan fingerprint density at radius 2 is 1.98 bits per heavy atom. The highest BCUT2D eigenvalue weighted by molar-refractivity contribution is 6.31. The number of methoxy groups -OCH3 is 1. The minimum atomic E-state index is -2.92. The van der Waals surface area contributed by atoms with Crippen molar-refractivity contribution in [1.29, 1.82) is 0 Å². The largest absolute Gasteiger partial charge is 0.487 e. The first kappa shape index (κ1) is 32.0. The van der Waals surface area contributed by atoms with Crippen molar-refractivity contribution >= 4 is 29.4 Å². The lowest BCUT2D eigenvalue weighted by Crippen LogP contribution is -2.52. The van der Waals surface area contributed by atoms with Crippen molar-refractivity contribution in [2.45, 2.75) is 57.9 Å². The molecule has 2 fully saturated rings. The van der Waals surface area contributed by atoms with Crippen LogP contribution in [0.25, 0.3) is 0 Å². The highest BCUT2D eigenvalue weighted by atomic mass is 35.5. The monoisotopic (exact) mass is 635 g/mol. The van der Waals surface area contributed by atoms with Gasteiger partial charge in [0.15, 0.2) is 0 Å². The van der Waals surface area contributed by atoms with E-state index in [4.69, 9.17) is 32.7 Å². The SMILES string of the molecule is COC(=O)[C@@]1(C)CC=CC[C@H]1C(=O)N1CCc2c(Cl)ccc(OC/C(N)=C(\C(F)F)N(C)N)c2[C@H]1CN1CC2(CC2)CC1=O. The summed E-state index contributed by atoms with van der Waals surface area (Å²) in [5, 5.41) is 1.22. The van der Waals surface area contributed by atoms with E-state index in [-0.39, 0.29) is 29.5 Å². The Morgan fingerprint density at radius 1 is 1.25 bits per heavy atom. The van der Waals surface area contributed by atoms with Crippen LogP contribution in [-0.2, 0) is 25.5 Å². The van der Waals surface area contributed by atoms with Crippen LogP contribution in [-0.4, -0.2) is 79.4 Å². The second-order valence-electron chi connectivity index (χ2n) is 12.7. The van der Waals surface area contributed by atoms with Crippen LogP contribution in [0.15, 0.2) is 35.7 Å². The number of halogens is 3. The number of allylic oxidation sites excluding steroid dienone is 3. The number of benzene rings is 1. The predicted octanol–water partition coefficient (Wildman–Crippen LogP) is 3.54. The van der Waals surface area contributed by atoms with Gasteiger partial charge in [-0.25, -0.2) is 14.6 Å². The van der Waals surface area contributed by atoms with Crippen LogP contribution in [0.2, 0.25) is 5.02 Å². The fraction of sp³-hybridized carbons (Fsp3) is 0.581. The van der Waals surface area contributed by atoms with Gasteiger partial charge in [-0.15, -0.1) is 0 Å². The average molecular weight is 636 g/mol. The predicted molar refractivity (Wildman–Crippen MR) is 159 cm³/mol. The van der Waals surface area contributed by atoms with E-state index < -0.39 is 42.1 Å². The van der Waals surface area contributed by atoms with Gasteiger partial charge in [0.1, 0.15) is 18.1 Å². The molecule has 0 bridgehead atoms. The van der Waals surface area contributed by atoms with Crippen LogP contribution < -0.4 is 16.3 Å². The number of carbonyl (C=O) groups excluding carboxylic acids is 3. The van der Waals surface area contributed by atoms with E-state index in [9.17, 15) is 23.2 Å². The number of rotatable bonds is 9. The second kappa shape index (κ2) is 12.2. The molecule has 1 saturated carbocycles. The van der Waals surface area contributed by atoms with Crippen molar-refractivity contribution in [2.24, 2.45) is 28.3 Å². The first-order chi connectivity index (χ1) is 20.8. The quantitative estimate of drug-likeness (QED) is 0.182. The molecule has 2 aliphatic heterocycles. The molecule has 2 aliphatic carbocycles. The molecule has 1 aromatic rings. The number of ether oxygens (including phenoxy) is 2. The first-order valence-corrected chi connectivity index (χ1v) is 15.2. The molecule has 1 spiro atoms. The van der Waals surface area contributed by atoms with E-state index in [1.54, 1.807) is 28.9 Å². The second-order valence-corrected chi connectivity index (χ2v) is 13.1. The number of fused-ring (bicyclic) bond motifs is 1. The van der Waals surface area contributed by atoms with Crippen LogP contribution in [0, 0.1) is 16.7 Å². The summed E-state index contributed by atoms with van der Waals surface area (Å²) in [7, 11) is 2.58. The molecule has 44 heavy (non-hydrogen) atoms. The number of esters is 1. The lowest BCUT2D eigenvalue weighted by atomic mass is 9.69. The summed E-state index contributed by atoms with van der Waals surface area (Å²) in [5.74, 6) is 4.53. The number of nitrogens with two attached hydrogens (primary N) is 2. The van der Waals surface area contributed by atoms with Crippen LogP contribution in [0.3, 0.4) is 0 Å². The van der Waals surface area contributed by atoms with Crippen molar-refractivity contribution in [1.82, 2.24) is 14.8 Å². The highest BCUT2D eigenvalue weighted by Crippen LogP contribution is 2.54. The van der Waals surface area contributed by atoms with E-state index >= 15 is 0 Å². The van der Waals surface area contributed by atoms with Gasteiger partial charge in [-0.05, 0) is 62.1 Å². The van der Waals surface area contributed by atoms with Crippen molar-refractivity contribution in [3.63, 3.8) is 0 Å². The fourth-order valence-corrected chi connectivity index (χ4v) is 7.23. The van der Waals surface area contributed by atoms with Crippen molar-refractivity contribution in [3.8, 4) is 5.75 Å². The zero-order valence-electron chi connectivity index (χ0n) is 25.3. The molecule has 0 unspecified atom stereocenters. The summed E-state index contributed by atoms with van der Waals surface area (Å²) in [6.45, 7) is 2.45. The molecule has 5 rings (SSSR count). The summed E-state index contributed by atoms with van der Waals surface area (Å²) in [4.78, 5) is 44.1. The minimum Gasteiger partial charge on any atom is -0.487 e. The molecule has 240 valence electrons. The Bertz CT molecular complexity index is 1390. The Morgan fingerprint density at radius 3 is 2.59 bits per heavy atom. The smallest absolute Gasteiger partial charge is 0.312 e. The van der Waals surface area contributed by atoms with E-state index in [0.29, 0.717) is 55.1 Å². The summed E-state index contributed by atoms with van der Waals surface area (Å²) in [5.41, 5.74) is 5.46. The number of alkyl halides is 2. The molecule has 13 heteroatoms. The highest BCUT2D eigenvalue weighted by Gasteiger charge is 2.53. The van der Waals surface area contributed by atoms with Gasteiger partial charge in [-0.1, -0.05) is 23.8 Å². The molecule has 10 nitrogen and oxygen atoms in total.